The van der Waals surface area contributed by atoms with E-state index in [0.717, 1.165) is 5.69 Å². The predicted octanol–water partition coefficient (Wildman–Crippen LogP) is 1.86. The Morgan fingerprint density at radius 3 is 2.62 bits per heavy atom. The fourth-order valence-electron chi connectivity index (χ4n) is 1.08. The standard InChI is InChI=1S/C9H6Br2N4O/c1-5-2-3-7(14-13-5)15-9(16)8(11)6(10)4-12-15/h2-4H,1H3. The molecule has 0 unspecified atom stereocenters. The van der Waals surface area contributed by atoms with E-state index in [1.807, 2.05) is 6.92 Å². The van der Waals surface area contributed by atoms with Gasteiger partial charge >= 0.3 is 0 Å². The Labute approximate surface area is 108 Å². The largest absolute Gasteiger partial charge is 0.288 e. The number of aromatic nitrogens is 4. The van der Waals surface area contributed by atoms with Gasteiger partial charge in [0.1, 0.15) is 4.47 Å². The Bertz CT molecular complexity index is 579. The minimum absolute atomic E-state index is 0.285. The maximum absolute atomic E-state index is 11.8. The molecule has 0 atom stereocenters. The molecule has 2 heterocycles. The summed E-state index contributed by atoms with van der Waals surface area (Å²) in [6.45, 7) is 1.82. The Morgan fingerprint density at radius 2 is 2.00 bits per heavy atom. The predicted molar refractivity (Wildman–Crippen MR) is 65.6 cm³/mol. The average molecular weight is 346 g/mol. The van der Waals surface area contributed by atoms with E-state index >= 15 is 0 Å². The van der Waals surface area contributed by atoms with Gasteiger partial charge in [-0.1, -0.05) is 0 Å². The van der Waals surface area contributed by atoms with Crippen LogP contribution in [0.1, 0.15) is 5.69 Å². The topological polar surface area (TPSA) is 60.7 Å². The van der Waals surface area contributed by atoms with Crippen molar-refractivity contribution in [2.75, 3.05) is 0 Å². The quantitative estimate of drug-likeness (QED) is 0.791. The second-order valence-corrected chi connectivity index (χ2v) is 4.70. The van der Waals surface area contributed by atoms with Crippen molar-refractivity contribution in [2.45, 2.75) is 6.92 Å². The molecular weight excluding hydrogens is 340 g/mol. The van der Waals surface area contributed by atoms with Crippen LogP contribution in [0.15, 0.2) is 32.1 Å². The average Bonchev–Trinajstić information content (AvgIpc) is 2.28. The first kappa shape index (κ1) is 11.4. The number of nitrogens with zero attached hydrogens (tertiary/aromatic N) is 4. The first-order valence-corrected chi connectivity index (χ1v) is 5.92. The molecule has 2 aromatic rings. The van der Waals surface area contributed by atoms with Crippen LogP contribution in [0.4, 0.5) is 0 Å². The Kier molecular flexibility index (Phi) is 3.15. The summed E-state index contributed by atoms with van der Waals surface area (Å²) in [5.74, 6) is 0.392. The van der Waals surface area contributed by atoms with Crippen LogP contribution in [0, 0.1) is 6.92 Å². The zero-order valence-corrected chi connectivity index (χ0v) is 11.4. The summed E-state index contributed by atoms with van der Waals surface area (Å²) >= 11 is 6.38. The van der Waals surface area contributed by atoms with Crippen molar-refractivity contribution in [3.8, 4) is 5.82 Å². The number of hydrogen-bond acceptors (Lipinski definition) is 4. The summed E-state index contributed by atoms with van der Waals surface area (Å²) in [7, 11) is 0. The molecule has 0 N–H and O–H groups in total. The van der Waals surface area contributed by atoms with E-state index in [0.29, 0.717) is 14.8 Å². The van der Waals surface area contributed by atoms with E-state index in [2.05, 4.69) is 47.2 Å². The third-order valence-corrected chi connectivity index (χ3v) is 3.78. The highest BCUT2D eigenvalue weighted by molar-refractivity contribution is 9.13. The van der Waals surface area contributed by atoms with Crippen LogP contribution in [0.5, 0.6) is 0 Å². The lowest BCUT2D eigenvalue weighted by atomic mass is 10.4. The molecule has 0 spiro atoms. The number of halogens is 2. The molecule has 0 saturated heterocycles. The van der Waals surface area contributed by atoms with Gasteiger partial charge in [0.15, 0.2) is 5.82 Å². The van der Waals surface area contributed by atoms with E-state index in [4.69, 9.17) is 0 Å². The van der Waals surface area contributed by atoms with Crippen LogP contribution in [0.3, 0.4) is 0 Å². The molecule has 0 aliphatic heterocycles. The summed E-state index contributed by atoms with van der Waals surface area (Å²) in [4.78, 5) is 11.8. The van der Waals surface area contributed by atoms with E-state index in [-0.39, 0.29) is 5.56 Å². The van der Waals surface area contributed by atoms with Crippen molar-refractivity contribution in [2.24, 2.45) is 0 Å². The lowest BCUT2D eigenvalue weighted by Crippen LogP contribution is -2.23. The lowest BCUT2D eigenvalue weighted by molar-refractivity contribution is 0.748. The van der Waals surface area contributed by atoms with Gasteiger partial charge in [0.05, 0.1) is 16.4 Å². The van der Waals surface area contributed by atoms with Crippen molar-refractivity contribution in [3.63, 3.8) is 0 Å². The van der Waals surface area contributed by atoms with Crippen LogP contribution in [0.2, 0.25) is 0 Å². The van der Waals surface area contributed by atoms with Crippen LogP contribution >= 0.6 is 31.9 Å². The van der Waals surface area contributed by atoms with Crippen molar-refractivity contribution in [1.29, 1.82) is 0 Å². The van der Waals surface area contributed by atoms with Crippen molar-refractivity contribution in [1.82, 2.24) is 20.0 Å². The van der Waals surface area contributed by atoms with Crippen LogP contribution in [-0.2, 0) is 0 Å². The molecule has 5 nitrogen and oxygen atoms in total. The Morgan fingerprint density at radius 1 is 1.25 bits per heavy atom. The third-order valence-electron chi connectivity index (χ3n) is 1.88. The Balaban J connectivity index is 2.61. The zero-order valence-electron chi connectivity index (χ0n) is 8.19. The van der Waals surface area contributed by atoms with Crippen molar-refractivity contribution < 1.29 is 0 Å². The van der Waals surface area contributed by atoms with E-state index in [1.165, 1.54) is 10.9 Å². The molecule has 2 aromatic heterocycles. The molecule has 0 saturated carbocycles. The van der Waals surface area contributed by atoms with E-state index in [1.54, 1.807) is 12.1 Å². The summed E-state index contributed by atoms with van der Waals surface area (Å²) in [6.07, 6.45) is 1.52. The SMILES string of the molecule is Cc1ccc(-n2ncc(Br)c(Br)c2=O)nn1. The molecule has 16 heavy (non-hydrogen) atoms. The van der Waals surface area contributed by atoms with Gasteiger partial charge in [-0.15, -0.1) is 5.10 Å². The summed E-state index contributed by atoms with van der Waals surface area (Å²) in [5, 5.41) is 11.7. The molecule has 0 aromatic carbocycles. The monoisotopic (exact) mass is 344 g/mol. The number of hydrogen-bond donors (Lipinski definition) is 0. The van der Waals surface area contributed by atoms with Crippen LogP contribution < -0.4 is 5.56 Å². The van der Waals surface area contributed by atoms with E-state index < -0.39 is 0 Å². The minimum atomic E-state index is -0.285. The maximum Gasteiger partial charge on any atom is 0.288 e. The van der Waals surface area contributed by atoms with Crippen LogP contribution in [-0.4, -0.2) is 20.0 Å². The molecule has 0 aliphatic carbocycles. The van der Waals surface area contributed by atoms with Gasteiger partial charge in [-0.05, 0) is 50.9 Å². The molecule has 0 radical (unpaired) electrons. The van der Waals surface area contributed by atoms with Gasteiger partial charge < -0.3 is 0 Å². The number of rotatable bonds is 1. The first-order chi connectivity index (χ1) is 7.59. The van der Waals surface area contributed by atoms with Crippen LogP contribution in [0.25, 0.3) is 5.82 Å². The fraction of sp³-hybridized carbons (Fsp3) is 0.111. The highest BCUT2D eigenvalue weighted by Gasteiger charge is 2.09. The van der Waals surface area contributed by atoms with Gasteiger partial charge in [-0.25, -0.2) is 0 Å². The van der Waals surface area contributed by atoms with Crippen molar-refractivity contribution >= 4 is 31.9 Å². The molecule has 7 heteroatoms. The van der Waals surface area contributed by atoms with Gasteiger partial charge in [0, 0.05) is 0 Å². The molecule has 0 fully saturated rings. The van der Waals surface area contributed by atoms with Gasteiger partial charge in [0.25, 0.3) is 5.56 Å². The Hall–Kier alpha value is -1.08. The highest BCUT2D eigenvalue weighted by atomic mass is 79.9. The molecule has 0 bridgehead atoms. The molecule has 0 aliphatic rings. The summed E-state index contributed by atoms with van der Waals surface area (Å²) in [6, 6.07) is 3.46. The zero-order chi connectivity index (χ0) is 11.7. The third kappa shape index (κ3) is 2.05. The highest BCUT2D eigenvalue weighted by Crippen LogP contribution is 2.17. The smallest absolute Gasteiger partial charge is 0.266 e. The van der Waals surface area contributed by atoms with Gasteiger partial charge in [-0.2, -0.15) is 14.9 Å². The molecule has 82 valence electrons. The lowest BCUT2D eigenvalue weighted by Gasteiger charge is -2.03. The maximum atomic E-state index is 11.8. The number of aryl methyl sites for hydroxylation is 1. The molecule has 0 amide bonds. The normalized spacial score (nSPS) is 10.4. The molecular formula is C9H6Br2N4O. The summed E-state index contributed by atoms with van der Waals surface area (Å²) in [5.41, 5.74) is 0.500. The van der Waals surface area contributed by atoms with Gasteiger partial charge in [-0.3, -0.25) is 4.79 Å². The first-order valence-electron chi connectivity index (χ1n) is 4.33. The fourth-order valence-corrected chi connectivity index (χ4v) is 1.61. The van der Waals surface area contributed by atoms with Crippen molar-refractivity contribution in [3.05, 3.63) is 43.3 Å². The second-order valence-electron chi connectivity index (χ2n) is 3.06. The van der Waals surface area contributed by atoms with E-state index in [9.17, 15) is 4.79 Å². The van der Waals surface area contributed by atoms with Gasteiger partial charge in [0.2, 0.25) is 0 Å². The molecule has 2 rings (SSSR count). The second kappa shape index (κ2) is 4.42. The summed E-state index contributed by atoms with van der Waals surface area (Å²) < 4.78 is 2.19. The minimum Gasteiger partial charge on any atom is -0.266 e.